The molecular weight excluding hydrogens is 186 g/mol. The van der Waals surface area contributed by atoms with Crippen molar-refractivity contribution in [2.45, 2.75) is 34.1 Å². The van der Waals surface area contributed by atoms with Gasteiger partial charge in [0.05, 0.1) is 5.70 Å². The summed E-state index contributed by atoms with van der Waals surface area (Å²) < 4.78 is 0. The van der Waals surface area contributed by atoms with Crippen LogP contribution in [-0.2, 0) is 0 Å². The molecule has 2 heteroatoms. The average molecular weight is 209 g/mol. The Balaban J connectivity index is 0. The standard InChI is InChI=1S/C11H17NO.C2H6/c1-6-11(7-8(2)3)12-9(4)10(5)13;1-2/h7,12-13H,2,4-6H2,1,3H3;1-2H3/b11-7+;. The first-order chi connectivity index (χ1) is 6.97. The maximum Gasteiger partial charge on any atom is 0.131 e. The van der Waals surface area contributed by atoms with E-state index < -0.39 is 0 Å². The molecule has 86 valence electrons. The maximum absolute atomic E-state index is 8.99. The number of hydrogen-bond donors (Lipinski definition) is 2. The molecule has 0 spiro atoms. The summed E-state index contributed by atoms with van der Waals surface area (Å²) in [6.07, 6.45) is 2.74. The molecule has 0 aliphatic carbocycles. The van der Waals surface area contributed by atoms with Crippen LogP contribution in [0.3, 0.4) is 0 Å². The van der Waals surface area contributed by atoms with Crippen molar-refractivity contribution in [1.29, 1.82) is 0 Å². The first-order valence-electron chi connectivity index (χ1n) is 5.17. The lowest BCUT2D eigenvalue weighted by molar-refractivity contribution is 0.420. The van der Waals surface area contributed by atoms with Gasteiger partial charge in [-0.3, -0.25) is 0 Å². The highest BCUT2D eigenvalue weighted by Gasteiger charge is 1.98. The molecular formula is C13H23NO. The SMILES string of the molecule is C=C(C)/C=C(\CC)NC(=C)C(=C)O.CC. The van der Waals surface area contributed by atoms with Crippen LogP contribution >= 0.6 is 0 Å². The minimum Gasteiger partial charge on any atom is -0.506 e. The monoisotopic (exact) mass is 209 g/mol. The van der Waals surface area contributed by atoms with Crippen molar-refractivity contribution < 1.29 is 5.11 Å². The third-order valence-corrected chi connectivity index (χ3v) is 1.46. The van der Waals surface area contributed by atoms with Gasteiger partial charge in [-0.15, -0.1) is 0 Å². The molecule has 2 nitrogen and oxygen atoms in total. The predicted octanol–water partition coefficient (Wildman–Crippen LogP) is 4.06. The van der Waals surface area contributed by atoms with Gasteiger partial charge in [0.25, 0.3) is 0 Å². The van der Waals surface area contributed by atoms with Crippen LogP contribution in [0.5, 0.6) is 0 Å². The Labute approximate surface area is 93.7 Å². The number of nitrogens with one attached hydrogen (secondary N) is 1. The molecule has 2 N–H and O–H groups in total. The normalized spacial score (nSPS) is 9.73. The molecule has 0 unspecified atom stereocenters. The Morgan fingerprint density at radius 3 is 2.00 bits per heavy atom. The smallest absolute Gasteiger partial charge is 0.131 e. The zero-order valence-corrected chi connectivity index (χ0v) is 10.4. The zero-order valence-electron chi connectivity index (χ0n) is 10.4. The lowest BCUT2D eigenvalue weighted by Gasteiger charge is -2.10. The molecule has 0 saturated heterocycles. The summed E-state index contributed by atoms with van der Waals surface area (Å²) in [5.74, 6) is -0.0407. The number of hydrogen-bond acceptors (Lipinski definition) is 2. The van der Waals surface area contributed by atoms with Crippen LogP contribution in [0.1, 0.15) is 34.1 Å². The summed E-state index contributed by atoms with van der Waals surface area (Å²) in [5, 5.41) is 11.9. The van der Waals surface area contributed by atoms with E-state index in [4.69, 9.17) is 5.11 Å². The molecule has 0 aromatic carbocycles. The van der Waals surface area contributed by atoms with Crippen LogP contribution in [-0.4, -0.2) is 5.11 Å². The first kappa shape index (κ1) is 16.0. The van der Waals surface area contributed by atoms with Gasteiger partial charge in [-0.25, -0.2) is 0 Å². The lowest BCUT2D eigenvalue weighted by Crippen LogP contribution is -2.12. The van der Waals surface area contributed by atoms with E-state index in [0.29, 0.717) is 5.70 Å². The summed E-state index contributed by atoms with van der Waals surface area (Å²) in [6, 6.07) is 0. The van der Waals surface area contributed by atoms with Crippen molar-refractivity contribution in [3.63, 3.8) is 0 Å². The van der Waals surface area contributed by atoms with E-state index in [1.54, 1.807) is 0 Å². The second kappa shape index (κ2) is 9.13. The highest BCUT2D eigenvalue weighted by Crippen LogP contribution is 2.06. The van der Waals surface area contributed by atoms with E-state index in [-0.39, 0.29) is 5.76 Å². The largest absolute Gasteiger partial charge is 0.506 e. The van der Waals surface area contributed by atoms with E-state index in [9.17, 15) is 0 Å². The van der Waals surface area contributed by atoms with Gasteiger partial charge < -0.3 is 10.4 Å². The average Bonchev–Trinajstić information content (AvgIpc) is 2.18. The van der Waals surface area contributed by atoms with Gasteiger partial charge in [0.1, 0.15) is 5.76 Å². The molecule has 15 heavy (non-hydrogen) atoms. The van der Waals surface area contributed by atoms with E-state index in [1.807, 2.05) is 33.8 Å². The molecule has 0 aromatic rings. The second-order valence-corrected chi connectivity index (χ2v) is 2.92. The molecule has 0 amide bonds. The molecule has 0 heterocycles. The van der Waals surface area contributed by atoms with Crippen molar-refractivity contribution in [2.24, 2.45) is 0 Å². The maximum atomic E-state index is 8.99. The fourth-order valence-corrected chi connectivity index (χ4v) is 0.790. The van der Waals surface area contributed by atoms with E-state index in [0.717, 1.165) is 17.7 Å². The second-order valence-electron chi connectivity index (χ2n) is 2.92. The Hall–Kier alpha value is -1.44. The number of allylic oxidation sites excluding steroid dienone is 3. The van der Waals surface area contributed by atoms with Crippen LogP contribution in [0.4, 0.5) is 0 Å². The topological polar surface area (TPSA) is 32.3 Å². The highest BCUT2D eigenvalue weighted by molar-refractivity contribution is 5.25. The summed E-state index contributed by atoms with van der Waals surface area (Å²) in [6.45, 7) is 18.7. The number of aliphatic hydroxyl groups excluding tert-OH is 1. The van der Waals surface area contributed by atoms with E-state index in [1.165, 1.54) is 0 Å². The van der Waals surface area contributed by atoms with Crippen molar-refractivity contribution >= 4 is 0 Å². The predicted molar refractivity (Wildman–Crippen MR) is 68.6 cm³/mol. The van der Waals surface area contributed by atoms with Crippen LogP contribution in [0, 0.1) is 0 Å². The summed E-state index contributed by atoms with van der Waals surface area (Å²) in [4.78, 5) is 0. The lowest BCUT2D eigenvalue weighted by atomic mass is 10.2. The van der Waals surface area contributed by atoms with Crippen LogP contribution in [0.25, 0.3) is 0 Å². The minimum atomic E-state index is -0.0407. The molecule has 0 atom stereocenters. The number of aliphatic hydroxyl groups is 1. The third kappa shape index (κ3) is 8.88. The highest BCUT2D eigenvalue weighted by atomic mass is 16.3. The Bertz CT molecular complexity index is 262. The zero-order chi connectivity index (χ0) is 12.4. The molecule has 0 fully saturated rings. The van der Waals surface area contributed by atoms with Gasteiger partial charge in [-0.2, -0.15) is 0 Å². The van der Waals surface area contributed by atoms with Gasteiger partial charge in [0.2, 0.25) is 0 Å². The van der Waals surface area contributed by atoms with Crippen molar-refractivity contribution in [3.05, 3.63) is 48.5 Å². The van der Waals surface area contributed by atoms with Crippen LogP contribution in [0.2, 0.25) is 0 Å². The Morgan fingerprint density at radius 2 is 1.73 bits per heavy atom. The Kier molecular flexibility index (Phi) is 9.74. The first-order valence-corrected chi connectivity index (χ1v) is 5.17. The third-order valence-electron chi connectivity index (χ3n) is 1.46. The fraction of sp³-hybridized carbons (Fsp3) is 0.385. The fourth-order valence-electron chi connectivity index (χ4n) is 0.790. The summed E-state index contributed by atoms with van der Waals surface area (Å²) >= 11 is 0. The van der Waals surface area contributed by atoms with Crippen molar-refractivity contribution in [3.8, 4) is 0 Å². The molecule has 0 aromatic heterocycles. The Morgan fingerprint density at radius 1 is 1.27 bits per heavy atom. The summed E-state index contributed by atoms with van der Waals surface area (Å²) in [5.41, 5.74) is 2.35. The van der Waals surface area contributed by atoms with E-state index >= 15 is 0 Å². The summed E-state index contributed by atoms with van der Waals surface area (Å²) in [7, 11) is 0. The number of rotatable bonds is 5. The molecule has 0 aliphatic rings. The van der Waals surface area contributed by atoms with E-state index in [2.05, 4.69) is 25.1 Å². The molecule has 0 bridgehead atoms. The minimum absolute atomic E-state index is 0.0407. The van der Waals surface area contributed by atoms with Gasteiger partial charge in [-0.05, 0) is 19.4 Å². The van der Waals surface area contributed by atoms with Gasteiger partial charge in [0.15, 0.2) is 0 Å². The van der Waals surface area contributed by atoms with Crippen molar-refractivity contribution in [2.75, 3.05) is 0 Å². The van der Waals surface area contributed by atoms with Crippen molar-refractivity contribution in [1.82, 2.24) is 5.32 Å². The van der Waals surface area contributed by atoms with Crippen LogP contribution in [0.15, 0.2) is 48.5 Å². The van der Waals surface area contributed by atoms with Gasteiger partial charge in [0, 0.05) is 5.70 Å². The molecule has 0 aliphatic heterocycles. The molecule has 0 saturated carbocycles. The van der Waals surface area contributed by atoms with Gasteiger partial charge in [-0.1, -0.05) is 46.1 Å². The quantitative estimate of drug-likeness (QED) is 0.528. The van der Waals surface area contributed by atoms with Crippen LogP contribution < -0.4 is 5.32 Å². The molecule has 0 rings (SSSR count). The van der Waals surface area contributed by atoms with Gasteiger partial charge >= 0.3 is 0 Å². The molecule has 0 radical (unpaired) electrons.